The van der Waals surface area contributed by atoms with Crippen LogP contribution in [0.5, 0.6) is 5.75 Å². The van der Waals surface area contributed by atoms with Gasteiger partial charge >= 0.3 is 0 Å². The second kappa shape index (κ2) is 13.3. The summed E-state index contributed by atoms with van der Waals surface area (Å²) in [7, 11) is 2.08. The Balaban J connectivity index is 1.19. The summed E-state index contributed by atoms with van der Waals surface area (Å²) in [6.45, 7) is 2.74. The van der Waals surface area contributed by atoms with E-state index in [1.807, 2.05) is 78.9 Å². The van der Waals surface area contributed by atoms with Crippen LogP contribution in [0, 0.1) is 0 Å². The van der Waals surface area contributed by atoms with Crippen molar-refractivity contribution in [1.82, 2.24) is 10.2 Å². The second-order valence-electron chi connectivity index (χ2n) is 10.1. The fourth-order valence-electron chi connectivity index (χ4n) is 4.70. The van der Waals surface area contributed by atoms with E-state index < -0.39 is 0 Å². The first-order valence-electron chi connectivity index (χ1n) is 13.6. The van der Waals surface area contributed by atoms with Gasteiger partial charge in [-0.15, -0.1) is 0 Å². The lowest BCUT2D eigenvalue weighted by molar-refractivity contribution is -0.117. The van der Waals surface area contributed by atoms with Gasteiger partial charge in [0, 0.05) is 23.7 Å². The lowest BCUT2D eigenvalue weighted by Crippen LogP contribution is -2.36. The smallest absolute Gasteiger partial charge is 0.294 e. The molecule has 0 saturated carbocycles. The largest absolute Gasteiger partial charge is 0.449 e. The van der Waals surface area contributed by atoms with Gasteiger partial charge in [0.1, 0.15) is 0 Å². The van der Waals surface area contributed by atoms with E-state index in [-0.39, 0.29) is 17.6 Å². The molecule has 1 aliphatic heterocycles. The first-order chi connectivity index (χ1) is 20.0. The maximum Gasteiger partial charge on any atom is 0.294 e. The number of hydrogen-bond donors (Lipinski definition) is 1. The van der Waals surface area contributed by atoms with E-state index in [9.17, 15) is 9.59 Å². The van der Waals surface area contributed by atoms with Gasteiger partial charge in [0.25, 0.3) is 11.8 Å². The molecule has 5 rings (SSSR count). The van der Waals surface area contributed by atoms with E-state index in [0.717, 1.165) is 30.6 Å². The lowest BCUT2D eigenvalue weighted by Gasteiger charge is -2.30. The number of hydrogen-bond acceptors (Lipinski definition) is 4. The molecule has 4 aromatic carbocycles. The van der Waals surface area contributed by atoms with E-state index in [2.05, 4.69) is 29.4 Å². The zero-order valence-electron chi connectivity index (χ0n) is 22.9. The van der Waals surface area contributed by atoms with Crippen LogP contribution in [0.25, 0.3) is 6.08 Å². The minimum absolute atomic E-state index is 0.122. The minimum Gasteiger partial charge on any atom is -0.449 e. The molecule has 0 radical (unpaired) electrons. The summed E-state index contributed by atoms with van der Waals surface area (Å²) in [5.74, 6) is 0.466. The number of benzene rings is 4. The predicted molar refractivity (Wildman–Crippen MR) is 164 cm³/mol. The number of nitrogens with zero attached hydrogens (tertiary/aromatic N) is 2. The summed E-state index contributed by atoms with van der Waals surface area (Å²) >= 11 is 6.04. The normalized spacial score (nSPS) is 13.7. The first-order valence-corrected chi connectivity index (χ1v) is 14.0. The quantitative estimate of drug-likeness (QED) is 0.175. The number of carbonyl (C=O) groups excluding carboxylic acids is 2. The van der Waals surface area contributed by atoms with Crippen molar-refractivity contribution in [3.8, 4) is 5.75 Å². The average Bonchev–Trinajstić information content (AvgIpc) is 2.99. The number of rotatable bonds is 10. The number of carbonyl (C=O) groups is 2. The average molecular weight is 566 g/mol. The highest BCUT2D eigenvalue weighted by atomic mass is 35.5. The predicted octanol–water partition coefficient (Wildman–Crippen LogP) is 6.56. The molecule has 41 heavy (non-hydrogen) atoms. The van der Waals surface area contributed by atoms with Crippen molar-refractivity contribution in [1.29, 1.82) is 0 Å². The van der Waals surface area contributed by atoms with Gasteiger partial charge in [-0.25, -0.2) is 0 Å². The molecule has 7 heteroatoms. The van der Waals surface area contributed by atoms with Crippen molar-refractivity contribution < 1.29 is 14.3 Å². The fraction of sp³-hybridized carbons (Fsp3) is 0.176. The van der Waals surface area contributed by atoms with Crippen molar-refractivity contribution >= 4 is 35.2 Å². The van der Waals surface area contributed by atoms with Crippen molar-refractivity contribution in [2.45, 2.75) is 19.5 Å². The molecule has 1 aliphatic rings. The summed E-state index contributed by atoms with van der Waals surface area (Å²) in [5.41, 5.74) is 4.27. The van der Waals surface area contributed by atoms with Gasteiger partial charge in [-0.2, -0.15) is 0 Å². The van der Waals surface area contributed by atoms with E-state index in [1.54, 1.807) is 23.1 Å². The van der Waals surface area contributed by atoms with Gasteiger partial charge in [-0.1, -0.05) is 78.3 Å². The molecular weight excluding hydrogens is 534 g/mol. The third kappa shape index (κ3) is 7.42. The van der Waals surface area contributed by atoms with Gasteiger partial charge in [0.2, 0.25) is 0 Å². The number of ether oxygens (including phenoxy) is 1. The van der Waals surface area contributed by atoms with Gasteiger partial charge in [0.05, 0.1) is 12.2 Å². The summed E-state index contributed by atoms with van der Waals surface area (Å²) in [6, 6.07) is 32.4. The molecule has 0 saturated heterocycles. The Labute approximate surface area is 245 Å². The third-order valence-electron chi connectivity index (χ3n) is 6.85. The SMILES string of the molecule is CN(CCCNC(=O)c1ccc(C=C2Oc3ccccc3N(Cc3ccc(Cl)cc3)C2=O)cc1)Cc1ccccc1. The van der Waals surface area contributed by atoms with Crippen molar-refractivity contribution in [3.63, 3.8) is 0 Å². The summed E-state index contributed by atoms with van der Waals surface area (Å²) in [5, 5.41) is 3.64. The molecule has 0 aromatic heterocycles. The summed E-state index contributed by atoms with van der Waals surface area (Å²) < 4.78 is 6.00. The molecule has 2 amide bonds. The Kier molecular flexibility index (Phi) is 9.14. The van der Waals surface area contributed by atoms with E-state index in [4.69, 9.17) is 16.3 Å². The van der Waals surface area contributed by atoms with Crippen LogP contribution in [0.1, 0.15) is 33.5 Å². The van der Waals surface area contributed by atoms with Crippen molar-refractivity contribution in [2.24, 2.45) is 0 Å². The molecule has 0 spiro atoms. The number of amides is 2. The highest BCUT2D eigenvalue weighted by Gasteiger charge is 2.30. The van der Waals surface area contributed by atoms with Gasteiger partial charge in [-0.05, 0) is 79.2 Å². The molecule has 1 heterocycles. The molecule has 0 bridgehead atoms. The number of fused-ring (bicyclic) bond motifs is 1. The van der Waals surface area contributed by atoms with Gasteiger partial charge < -0.3 is 15.0 Å². The number of halogens is 1. The highest BCUT2D eigenvalue weighted by molar-refractivity contribution is 6.30. The Morgan fingerprint density at radius 3 is 2.37 bits per heavy atom. The Hall–Kier alpha value is -4.39. The molecule has 1 N–H and O–H groups in total. The van der Waals surface area contributed by atoms with Crippen LogP contribution in [0.3, 0.4) is 0 Å². The van der Waals surface area contributed by atoms with E-state index in [1.165, 1.54) is 5.56 Å². The number of para-hydroxylation sites is 2. The molecule has 0 fully saturated rings. The van der Waals surface area contributed by atoms with E-state index in [0.29, 0.717) is 35.1 Å². The Morgan fingerprint density at radius 2 is 1.61 bits per heavy atom. The Morgan fingerprint density at radius 1 is 0.902 bits per heavy atom. The Bertz CT molecular complexity index is 1520. The molecule has 6 nitrogen and oxygen atoms in total. The first kappa shape index (κ1) is 28.1. The van der Waals surface area contributed by atoms with Crippen LogP contribution in [-0.4, -0.2) is 36.9 Å². The van der Waals surface area contributed by atoms with Crippen molar-refractivity contribution in [2.75, 3.05) is 25.0 Å². The molecule has 4 aromatic rings. The highest BCUT2D eigenvalue weighted by Crippen LogP contribution is 2.36. The maximum atomic E-state index is 13.5. The fourth-order valence-corrected chi connectivity index (χ4v) is 4.83. The molecule has 208 valence electrons. The zero-order valence-corrected chi connectivity index (χ0v) is 23.7. The van der Waals surface area contributed by atoms with Crippen molar-refractivity contribution in [3.05, 3.63) is 136 Å². The van der Waals surface area contributed by atoms with Crippen LogP contribution in [-0.2, 0) is 17.9 Å². The molecule has 0 unspecified atom stereocenters. The lowest BCUT2D eigenvalue weighted by atomic mass is 10.1. The minimum atomic E-state index is -0.238. The zero-order chi connectivity index (χ0) is 28.6. The van der Waals surface area contributed by atoms with Gasteiger partial charge in [0.15, 0.2) is 11.5 Å². The summed E-state index contributed by atoms with van der Waals surface area (Å²) in [6.07, 6.45) is 2.56. The number of nitrogens with one attached hydrogen (secondary N) is 1. The van der Waals surface area contributed by atoms with E-state index >= 15 is 0 Å². The molecule has 0 aliphatic carbocycles. The maximum absolute atomic E-state index is 13.5. The van der Waals surface area contributed by atoms with Crippen LogP contribution in [0.2, 0.25) is 5.02 Å². The third-order valence-corrected chi connectivity index (χ3v) is 7.11. The van der Waals surface area contributed by atoms with Crippen LogP contribution >= 0.6 is 11.6 Å². The number of anilines is 1. The van der Waals surface area contributed by atoms with Crippen LogP contribution in [0.15, 0.2) is 109 Å². The summed E-state index contributed by atoms with van der Waals surface area (Å²) in [4.78, 5) is 30.1. The monoisotopic (exact) mass is 565 g/mol. The second-order valence-corrected chi connectivity index (χ2v) is 10.5. The van der Waals surface area contributed by atoms with Crippen LogP contribution in [0.4, 0.5) is 5.69 Å². The molecule has 0 atom stereocenters. The topological polar surface area (TPSA) is 61.9 Å². The standard InChI is InChI=1S/C34H32ClN3O3/c1-37(23-26-8-3-2-4-9-26)21-7-20-36-33(39)28-16-12-25(13-17-28)22-32-34(40)38(24-27-14-18-29(35)19-15-27)30-10-5-6-11-31(30)41-32/h2-6,8-19,22H,7,20-21,23-24H2,1H3,(H,36,39). The van der Waals surface area contributed by atoms with Gasteiger partial charge in [-0.3, -0.25) is 14.5 Å². The molecular formula is C34H32ClN3O3. The van der Waals surface area contributed by atoms with Crippen LogP contribution < -0.4 is 15.0 Å².